The van der Waals surface area contributed by atoms with E-state index < -0.39 is 19.4 Å². The Kier molecular flexibility index (Phi) is 7.14. The number of amides is 1. The Labute approximate surface area is 135 Å². The van der Waals surface area contributed by atoms with Crippen molar-refractivity contribution >= 4 is 5.91 Å². The maximum atomic E-state index is 12.0. The normalized spacial score (nSPS) is 22.1. The lowest BCUT2D eigenvalue weighted by atomic mass is 9.89. The van der Waals surface area contributed by atoms with Gasteiger partial charge in [-0.3, -0.25) is 4.79 Å². The fourth-order valence-electron chi connectivity index (χ4n) is 3.48. The molecule has 0 aromatic carbocycles. The lowest BCUT2D eigenvalue weighted by Gasteiger charge is -2.28. The summed E-state index contributed by atoms with van der Waals surface area (Å²) in [5.41, 5.74) is 0. The lowest BCUT2D eigenvalue weighted by Crippen LogP contribution is -2.39. The van der Waals surface area contributed by atoms with Crippen molar-refractivity contribution in [2.45, 2.75) is 44.7 Å². The third kappa shape index (κ3) is 7.08. The number of ether oxygens (including phenoxy) is 1. The monoisotopic (exact) mass is 336 g/mol. The van der Waals surface area contributed by atoms with Gasteiger partial charge < -0.3 is 14.5 Å². The van der Waals surface area contributed by atoms with E-state index in [1.807, 2.05) is 0 Å². The van der Waals surface area contributed by atoms with Gasteiger partial charge in [-0.1, -0.05) is 19.3 Å². The molecule has 1 aliphatic carbocycles. The van der Waals surface area contributed by atoms with Crippen LogP contribution in [0, 0.1) is 5.92 Å². The van der Waals surface area contributed by atoms with Gasteiger partial charge in [0.15, 0.2) is 0 Å². The highest BCUT2D eigenvalue weighted by Crippen LogP contribution is 2.24. The summed E-state index contributed by atoms with van der Waals surface area (Å²) in [7, 11) is 0. The molecule has 1 saturated carbocycles. The molecule has 23 heavy (non-hydrogen) atoms. The molecule has 1 amide bonds. The summed E-state index contributed by atoms with van der Waals surface area (Å²) in [5.74, 6) is 0.426. The minimum absolute atomic E-state index is 0.339. The van der Waals surface area contributed by atoms with E-state index in [1.165, 1.54) is 32.1 Å². The van der Waals surface area contributed by atoms with Crippen molar-refractivity contribution in [2.75, 3.05) is 45.9 Å². The van der Waals surface area contributed by atoms with Gasteiger partial charge in [0, 0.05) is 26.2 Å². The van der Waals surface area contributed by atoms with Crippen molar-refractivity contribution in [3.8, 4) is 0 Å². The molecule has 0 atom stereocenters. The number of carbonyl (C=O) groups excluding carboxylic acids is 1. The summed E-state index contributed by atoms with van der Waals surface area (Å²) < 4.78 is 40.6. The van der Waals surface area contributed by atoms with Crippen LogP contribution in [0.15, 0.2) is 0 Å². The molecule has 2 fully saturated rings. The molecule has 4 nitrogen and oxygen atoms in total. The quantitative estimate of drug-likeness (QED) is 0.774. The zero-order valence-corrected chi connectivity index (χ0v) is 13.6. The minimum atomic E-state index is -4.38. The molecule has 1 aliphatic heterocycles. The van der Waals surface area contributed by atoms with Crippen LogP contribution >= 0.6 is 0 Å². The number of rotatable bonds is 5. The van der Waals surface area contributed by atoms with Crippen LogP contribution in [0.25, 0.3) is 0 Å². The highest BCUT2D eigenvalue weighted by atomic mass is 19.4. The smallest absolute Gasteiger partial charge is 0.362 e. The first-order valence-corrected chi connectivity index (χ1v) is 8.59. The molecule has 1 heterocycles. The number of hydrogen-bond donors (Lipinski definition) is 0. The SMILES string of the molecule is O=C(COCC(F)(F)F)N1CCCN(CC2CCCCC2)CC1. The lowest BCUT2D eigenvalue weighted by molar-refractivity contribution is -0.177. The topological polar surface area (TPSA) is 32.8 Å². The number of alkyl halides is 3. The van der Waals surface area contributed by atoms with Crippen molar-refractivity contribution < 1.29 is 22.7 Å². The fraction of sp³-hybridized carbons (Fsp3) is 0.938. The van der Waals surface area contributed by atoms with E-state index in [0.717, 1.165) is 32.0 Å². The van der Waals surface area contributed by atoms with Gasteiger partial charge in [-0.05, 0) is 31.7 Å². The van der Waals surface area contributed by atoms with E-state index in [1.54, 1.807) is 4.90 Å². The molecule has 7 heteroatoms. The molecule has 2 rings (SSSR count). The standard InChI is InChI=1S/C16H27F3N2O2/c17-16(18,19)13-23-12-15(22)21-8-4-7-20(9-10-21)11-14-5-2-1-3-6-14/h14H,1-13H2. The first kappa shape index (κ1) is 18.5. The van der Waals surface area contributed by atoms with Crippen LogP contribution in [-0.4, -0.2) is 67.8 Å². The van der Waals surface area contributed by atoms with E-state index in [9.17, 15) is 18.0 Å². The molecule has 0 unspecified atom stereocenters. The Morgan fingerprint density at radius 1 is 1.00 bits per heavy atom. The largest absolute Gasteiger partial charge is 0.411 e. The Morgan fingerprint density at radius 2 is 1.74 bits per heavy atom. The second kappa shape index (κ2) is 8.87. The second-order valence-corrected chi connectivity index (χ2v) is 6.65. The van der Waals surface area contributed by atoms with Gasteiger partial charge in [0.05, 0.1) is 0 Å². The Hall–Kier alpha value is -0.820. The average Bonchev–Trinajstić information content (AvgIpc) is 2.72. The molecule has 1 saturated heterocycles. The van der Waals surface area contributed by atoms with Crippen molar-refractivity contribution in [1.82, 2.24) is 9.80 Å². The highest BCUT2D eigenvalue weighted by molar-refractivity contribution is 5.77. The van der Waals surface area contributed by atoms with Gasteiger partial charge in [-0.2, -0.15) is 13.2 Å². The number of hydrogen-bond acceptors (Lipinski definition) is 3. The van der Waals surface area contributed by atoms with Crippen molar-refractivity contribution in [3.63, 3.8) is 0 Å². The van der Waals surface area contributed by atoms with Crippen molar-refractivity contribution in [2.24, 2.45) is 5.92 Å². The van der Waals surface area contributed by atoms with E-state index in [0.29, 0.717) is 13.1 Å². The van der Waals surface area contributed by atoms with E-state index in [-0.39, 0.29) is 5.91 Å². The van der Waals surface area contributed by atoms with Gasteiger partial charge in [-0.15, -0.1) is 0 Å². The molecule has 0 aromatic rings. The summed E-state index contributed by atoms with van der Waals surface area (Å²) in [6.45, 7) is 2.20. The van der Waals surface area contributed by atoms with E-state index in [4.69, 9.17) is 0 Å². The Morgan fingerprint density at radius 3 is 2.43 bits per heavy atom. The molecule has 134 valence electrons. The van der Waals surface area contributed by atoms with Crippen molar-refractivity contribution in [1.29, 1.82) is 0 Å². The summed E-state index contributed by atoms with van der Waals surface area (Å²) in [4.78, 5) is 16.0. The predicted molar refractivity (Wildman–Crippen MR) is 81.1 cm³/mol. The summed E-state index contributed by atoms with van der Waals surface area (Å²) >= 11 is 0. The Balaban J connectivity index is 1.69. The van der Waals surface area contributed by atoms with Crippen LogP contribution in [-0.2, 0) is 9.53 Å². The highest BCUT2D eigenvalue weighted by Gasteiger charge is 2.28. The van der Waals surface area contributed by atoms with Gasteiger partial charge in [0.2, 0.25) is 5.91 Å². The zero-order chi connectivity index (χ0) is 16.7. The Bertz CT molecular complexity index is 371. The number of nitrogens with zero attached hydrogens (tertiary/aromatic N) is 2. The molecular weight excluding hydrogens is 309 g/mol. The zero-order valence-electron chi connectivity index (χ0n) is 13.6. The molecule has 0 aromatic heterocycles. The minimum Gasteiger partial charge on any atom is -0.362 e. The van der Waals surface area contributed by atoms with Gasteiger partial charge in [0.1, 0.15) is 13.2 Å². The summed E-state index contributed by atoms with van der Waals surface area (Å²) in [6, 6.07) is 0. The number of carbonyl (C=O) groups is 1. The summed E-state index contributed by atoms with van der Waals surface area (Å²) in [5, 5.41) is 0. The van der Waals surface area contributed by atoms with Crippen LogP contribution in [0.2, 0.25) is 0 Å². The van der Waals surface area contributed by atoms with E-state index >= 15 is 0 Å². The molecule has 0 bridgehead atoms. The third-order valence-corrected chi connectivity index (χ3v) is 4.67. The summed E-state index contributed by atoms with van der Waals surface area (Å²) in [6.07, 6.45) is 3.07. The van der Waals surface area contributed by atoms with Crippen LogP contribution in [0.1, 0.15) is 38.5 Å². The molecule has 0 N–H and O–H groups in total. The van der Waals surface area contributed by atoms with E-state index in [2.05, 4.69) is 9.64 Å². The third-order valence-electron chi connectivity index (χ3n) is 4.67. The van der Waals surface area contributed by atoms with Crippen LogP contribution in [0.4, 0.5) is 13.2 Å². The van der Waals surface area contributed by atoms with Crippen LogP contribution in [0.5, 0.6) is 0 Å². The molecular formula is C16H27F3N2O2. The maximum absolute atomic E-state index is 12.0. The second-order valence-electron chi connectivity index (χ2n) is 6.65. The van der Waals surface area contributed by atoms with Crippen LogP contribution < -0.4 is 0 Å². The van der Waals surface area contributed by atoms with Gasteiger partial charge in [0.25, 0.3) is 0 Å². The fourth-order valence-corrected chi connectivity index (χ4v) is 3.48. The average molecular weight is 336 g/mol. The predicted octanol–water partition coefficient (Wildman–Crippen LogP) is 2.68. The van der Waals surface area contributed by atoms with Crippen molar-refractivity contribution in [3.05, 3.63) is 0 Å². The molecule has 0 radical (unpaired) electrons. The molecule has 2 aliphatic rings. The number of halogens is 3. The first-order chi connectivity index (χ1) is 10.9. The maximum Gasteiger partial charge on any atom is 0.411 e. The van der Waals surface area contributed by atoms with Crippen LogP contribution in [0.3, 0.4) is 0 Å². The van der Waals surface area contributed by atoms with Gasteiger partial charge >= 0.3 is 6.18 Å². The first-order valence-electron chi connectivity index (χ1n) is 8.59. The molecule has 0 spiro atoms. The van der Waals surface area contributed by atoms with Gasteiger partial charge in [-0.25, -0.2) is 0 Å².